The molecule has 2 rings (SSSR count). The Morgan fingerprint density at radius 2 is 2.00 bits per heavy atom. The number of rotatable bonds is 7. The maximum absolute atomic E-state index is 11.9. The molecule has 0 aliphatic carbocycles. The van der Waals surface area contributed by atoms with Crippen LogP contribution >= 0.6 is 11.6 Å². The zero-order valence-electron chi connectivity index (χ0n) is 15.4. The van der Waals surface area contributed by atoms with Crippen LogP contribution in [0.4, 0.5) is 0 Å². The monoisotopic (exact) mass is 374 g/mol. The summed E-state index contributed by atoms with van der Waals surface area (Å²) in [4.78, 5) is 11.9. The number of halogens is 1. The molecule has 0 unspecified atom stereocenters. The van der Waals surface area contributed by atoms with Crippen molar-refractivity contribution in [2.45, 2.75) is 26.7 Å². The number of benzene rings is 2. The number of ether oxygens (including phenoxy) is 2. The molecule has 0 aromatic heterocycles. The molecule has 0 spiro atoms. The molecule has 1 amide bonds. The van der Waals surface area contributed by atoms with Crippen molar-refractivity contribution >= 4 is 23.7 Å². The number of methoxy groups -OCH3 is 1. The summed E-state index contributed by atoms with van der Waals surface area (Å²) in [5.74, 6) is 1.26. The van der Waals surface area contributed by atoms with Gasteiger partial charge in [0.05, 0.1) is 18.3 Å². The zero-order valence-corrected chi connectivity index (χ0v) is 16.1. The number of hydrazone groups is 1. The Morgan fingerprint density at radius 3 is 2.65 bits per heavy atom. The third-order valence-electron chi connectivity index (χ3n) is 3.83. The van der Waals surface area contributed by atoms with Gasteiger partial charge in [0.2, 0.25) is 0 Å². The van der Waals surface area contributed by atoms with Crippen molar-refractivity contribution in [3.05, 3.63) is 58.1 Å². The first kappa shape index (κ1) is 19.8. The van der Waals surface area contributed by atoms with E-state index in [0.717, 1.165) is 22.4 Å². The smallest absolute Gasteiger partial charge is 0.277 e. The molecule has 0 saturated carbocycles. The van der Waals surface area contributed by atoms with Gasteiger partial charge < -0.3 is 9.47 Å². The maximum Gasteiger partial charge on any atom is 0.277 e. The highest BCUT2D eigenvalue weighted by Gasteiger charge is 2.10. The normalized spacial score (nSPS) is 11.0. The van der Waals surface area contributed by atoms with E-state index >= 15 is 0 Å². The van der Waals surface area contributed by atoms with Gasteiger partial charge in [0.1, 0.15) is 11.5 Å². The molecule has 0 saturated heterocycles. The summed E-state index contributed by atoms with van der Waals surface area (Å²) in [7, 11) is 1.66. The van der Waals surface area contributed by atoms with Gasteiger partial charge in [0.15, 0.2) is 6.61 Å². The minimum atomic E-state index is -0.364. The summed E-state index contributed by atoms with van der Waals surface area (Å²) in [6.07, 6.45) is 1.62. The van der Waals surface area contributed by atoms with E-state index in [1.807, 2.05) is 19.1 Å². The first-order valence-corrected chi connectivity index (χ1v) is 8.68. The zero-order chi connectivity index (χ0) is 19.1. The lowest BCUT2D eigenvalue weighted by Gasteiger charge is -2.14. The van der Waals surface area contributed by atoms with Crippen molar-refractivity contribution in [1.82, 2.24) is 5.43 Å². The Morgan fingerprint density at radius 1 is 1.27 bits per heavy atom. The lowest BCUT2D eigenvalue weighted by Crippen LogP contribution is -2.24. The highest BCUT2D eigenvalue weighted by atomic mass is 35.5. The molecular formula is C20H23ClN2O3. The van der Waals surface area contributed by atoms with E-state index in [1.165, 1.54) is 0 Å². The molecule has 5 nitrogen and oxygen atoms in total. The van der Waals surface area contributed by atoms with E-state index in [9.17, 15) is 4.79 Å². The Labute approximate surface area is 159 Å². The molecule has 2 aromatic carbocycles. The van der Waals surface area contributed by atoms with Gasteiger partial charge in [-0.25, -0.2) is 5.43 Å². The number of amides is 1. The Hall–Kier alpha value is -2.53. The molecule has 0 atom stereocenters. The first-order chi connectivity index (χ1) is 12.4. The Bertz CT molecular complexity index is 804. The molecule has 138 valence electrons. The highest BCUT2D eigenvalue weighted by Crippen LogP contribution is 2.29. The number of hydrogen-bond donors (Lipinski definition) is 1. The molecule has 1 N–H and O–H groups in total. The fourth-order valence-corrected chi connectivity index (χ4v) is 2.58. The Balaban J connectivity index is 1.98. The molecule has 0 aliphatic rings. The summed E-state index contributed by atoms with van der Waals surface area (Å²) < 4.78 is 10.8. The third-order valence-corrected chi connectivity index (χ3v) is 4.14. The molecule has 0 aliphatic heterocycles. The van der Waals surface area contributed by atoms with Gasteiger partial charge in [0, 0.05) is 0 Å². The Kier molecular flexibility index (Phi) is 7.04. The van der Waals surface area contributed by atoms with Crippen LogP contribution in [-0.4, -0.2) is 25.8 Å². The highest BCUT2D eigenvalue weighted by molar-refractivity contribution is 6.32. The molecular weight excluding hydrogens is 352 g/mol. The first-order valence-electron chi connectivity index (χ1n) is 8.30. The van der Waals surface area contributed by atoms with Gasteiger partial charge in [0.25, 0.3) is 5.91 Å². The molecule has 6 heteroatoms. The number of carbonyl (C=O) groups excluding carboxylic acids is 1. The van der Waals surface area contributed by atoms with Crippen LogP contribution in [0.3, 0.4) is 0 Å². The number of para-hydroxylation sites is 1. The second kappa shape index (κ2) is 9.25. The van der Waals surface area contributed by atoms with Crippen molar-refractivity contribution < 1.29 is 14.3 Å². The fraction of sp³-hybridized carbons (Fsp3) is 0.300. The predicted molar refractivity (Wildman–Crippen MR) is 105 cm³/mol. The van der Waals surface area contributed by atoms with E-state index in [0.29, 0.717) is 16.7 Å². The van der Waals surface area contributed by atoms with Crippen LogP contribution < -0.4 is 14.9 Å². The maximum atomic E-state index is 11.9. The molecule has 0 heterocycles. The van der Waals surface area contributed by atoms with Crippen molar-refractivity contribution in [3.63, 3.8) is 0 Å². The van der Waals surface area contributed by atoms with Gasteiger partial charge in [-0.15, -0.1) is 0 Å². The lowest BCUT2D eigenvalue weighted by atomic mass is 9.97. The largest absolute Gasteiger partial charge is 0.496 e. The van der Waals surface area contributed by atoms with Crippen LogP contribution in [0.15, 0.2) is 41.5 Å². The molecule has 26 heavy (non-hydrogen) atoms. The second-order valence-corrected chi connectivity index (χ2v) is 6.52. The second-order valence-electron chi connectivity index (χ2n) is 6.12. The van der Waals surface area contributed by atoms with E-state index < -0.39 is 0 Å². The van der Waals surface area contributed by atoms with Crippen LogP contribution in [-0.2, 0) is 4.79 Å². The van der Waals surface area contributed by atoms with Crippen molar-refractivity contribution in [2.24, 2.45) is 5.10 Å². The summed E-state index contributed by atoms with van der Waals surface area (Å²) in [6, 6.07) is 11.0. The van der Waals surface area contributed by atoms with Crippen LogP contribution in [0.5, 0.6) is 11.5 Å². The van der Waals surface area contributed by atoms with E-state index in [2.05, 4.69) is 24.4 Å². The average molecular weight is 375 g/mol. The van der Waals surface area contributed by atoms with Crippen LogP contribution in [0.2, 0.25) is 5.02 Å². The topological polar surface area (TPSA) is 59.9 Å². The number of nitrogens with one attached hydrogen (secondary N) is 1. The van der Waals surface area contributed by atoms with Gasteiger partial charge in [-0.05, 0) is 53.8 Å². The lowest BCUT2D eigenvalue weighted by molar-refractivity contribution is -0.123. The minimum Gasteiger partial charge on any atom is -0.496 e. The summed E-state index contributed by atoms with van der Waals surface area (Å²) in [5.41, 5.74) is 5.48. The molecule has 0 fully saturated rings. The molecule has 2 aromatic rings. The summed E-state index contributed by atoms with van der Waals surface area (Å²) in [5, 5.41) is 4.47. The fourth-order valence-electron chi connectivity index (χ4n) is 2.39. The number of nitrogens with zero attached hydrogens (tertiary/aromatic N) is 1. The summed E-state index contributed by atoms with van der Waals surface area (Å²) in [6.45, 7) is 6.00. The number of aryl methyl sites for hydroxylation is 1. The minimum absolute atomic E-state index is 0.167. The SMILES string of the molecule is COc1cc(C)c(/C=N\NC(=O)COc2ccccc2Cl)cc1C(C)C. The van der Waals surface area contributed by atoms with Gasteiger partial charge in [-0.1, -0.05) is 37.6 Å². The van der Waals surface area contributed by atoms with E-state index in [1.54, 1.807) is 37.6 Å². The van der Waals surface area contributed by atoms with E-state index in [-0.39, 0.29) is 12.5 Å². The van der Waals surface area contributed by atoms with Crippen molar-refractivity contribution in [2.75, 3.05) is 13.7 Å². The van der Waals surface area contributed by atoms with Gasteiger partial charge in [-0.3, -0.25) is 4.79 Å². The van der Waals surface area contributed by atoms with Crippen molar-refractivity contribution in [1.29, 1.82) is 0 Å². The van der Waals surface area contributed by atoms with Crippen LogP contribution in [0, 0.1) is 6.92 Å². The quantitative estimate of drug-likeness (QED) is 0.580. The standard InChI is InChI=1S/C20H23ClN2O3/c1-13(2)16-10-15(14(3)9-19(16)25-4)11-22-23-20(24)12-26-18-8-6-5-7-17(18)21/h5-11,13H,12H2,1-4H3,(H,23,24)/b22-11-. The average Bonchev–Trinajstić information content (AvgIpc) is 2.61. The van der Waals surface area contributed by atoms with Crippen LogP contribution in [0.1, 0.15) is 36.5 Å². The van der Waals surface area contributed by atoms with Crippen molar-refractivity contribution in [3.8, 4) is 11.5 Å². The number of hydrogen-bond acceptors (Lipinski definition) is 4. The molecule has 0 bridgehead atoms. The number of carbonyl (C=O) groups is 1. The molecule has 0 radical (unpaired) electrons. The van der Waals surface area contributed by atoms with Gasteiger partial charge >= 0.3 is 0 Å². The van der Waals surface area contributed by atoms with Gasteiger partial charge in [-0.2, -0.15) is 5.10 Å². The predicted octanol–water partition coefficient (Wildman–Crippen LogP) is 4.31. The van der Waals surface area contributed by atoms with E-state index in [4.69, 9.17) is 21.1 Å². The summed E-state index contributed by atoms with van der Waals surface area (Å²) >= 11 is 5.98. The third kappa shape index (κ3) is 5.23. The van der Waals surface area contributed by atoms with Crippen LogP contribution in [0.25, 0.3) is 0 Å².